The highest BCUT2D eigenvalue weighted by molar-refractivity contribution is 7.89. The van der Waals surface area contributed by atoms with Crippen LogP contribution in [0.25, 0.3) is 0 Å². The van der Waals surface area contributed by atoms with Gasteiger partial charge in [0.1, 0.15) is 5.76 Å². The molecule has 142 valence electrons. The van der Waals surface area contributed by atoms with Crippen molar-refractivity contribution in [2.24, 2.45) is 0 Å². The Balaban J connectivity index is 1.84. The van der Waals surface area contributed by atoms with Gasteiger partial charge in [0.2, 0.25) is 10.0 Å². The zero-order valence-electron chi connectivity index (χ0n) is 14.3. The average molecular weight is 391 g/mol. The molecular formula is C18H17NO7S. The van der Waals surface area contributed by atoms with E-state index >= 15 is 0 Å². The molecule has 0 spiro atoms. The summed E-state index contributed by atoms with van der Waals surface area (Å²) in [5.74, 6) is -0.410. The van der Waals surface area contributed by atoms with E-state index in [0.717, 1.165) is 0 Å². The van der Waals surface area contributed by atoms with Crippen molar-refractivity contribution in [3.8, 4) is 0 Å². The highest BCUT2D eigenvalue weighted by Crippen LogP contribution is 2.30. The predicted octanol–water partition coefficient (Wildman–Crippen LogP) is 1.87. The van der Waals surface area contributed by atoms with Gasteiger partial charge < -0.3 is 18.7 Å². The van der Waals surface area contributed by atoms with Crippen LogP contribution in [0.1, 0.15) is 21.7 Å². The SMILES string of the molecule is COC(=O)c1ccc(S(=O)(=O)NC[C@@](O)(c2ccoc2)c2ccco2)cc1. The first-order chi connectivity index (χ1) is 12.9. The molecule has 2 aromatic heterocycles. The van der Waals surface area contributed by atoms with E-state index in [-0.39, 0.29) is 22.8 Å². The molecule has 0 radical (unpaired) electrons. The standard InChI is InChI=1S/C18H17NO7S/c1-24-17(20)13-4-6-15(7-5-13)27(22,23)19-12-18(21,14-8-10-25-11-14)16-3-2-9-26-16/h2-11,19,21H,12H2,1H3/t18-/m1/s1. The summed E-state index contributed by atoms with van der Waals surface area (Å²) in [6.45, 7) is -0.388. The molecule has 27 heavy (non-hydrogen) atoms. The maximum absolute atomic E-state index is 12.6. The van der Waals surface area contributed by atoms with E-state index < -0.39 is 21.6 Å². The van der Waals surface area contributed by atoms with Crippen LogP contribution >= 0.6 is 0 Å². The minimum atomic E-state index is -3.96. The lowest BCUT2D eigenvalue weighted by Gasteiger charge is -2.25. The number of hydrogen-bond donors (Lipinski definition) is 2. The van der Waals surface area contributed by atoms with E-state index in [9.17, 15) is 18.3 Å². The highest BCUT2D eigenvalue weighted by Gasteiger charge is 2.37. The minimum Gasteiger partial charge on any atom is -0.472 e. The zero-order valence-corrected chi connectivity index (χ0v) is 15.1. The molecule has 0 saturated heterocycles. The number of benzene rings is 1. The normalized spacial score (nSPS) is 13.9. The van der Waals surface area contributed by atoms with Crippen molar-refractivity contribution in [3.05, 3.63) is 78.1 Å². The molecule has 1 atom stereocenters. The first kappa shape index (κ1) is 18.9. The second-order valence-corrected chi connectivity index (χ2v) is 7.46. The minimum absolute atomic E-state index is 0.0656. The zero-order chi connectivity index (χ0) is 19.5. The van der Waals surface area contributed by atoms with Gasteiger partial charge in [-0.3, -0.25) is 0 Å². The Kier molecular flexibility index (Phi) is 5.17. The lowest BCUT2D eigenvalue weighted by Crippen LogP contribution is -2.41. The second-order valence-electron chi connectivity index (χ2n) is 5.69. The Morgan fingerprint density at radius 2 is 1.93 bits per heavy atom. The summed E-state index contributed by atoms with van der Waals surface area (Å²) in [6.07, 6.45) is 4.05. The van der Waals surface area contributed by atoms with E-state index in [1.165, 1.54) is 62.3 Å². The monoisotopic (exact) mass is 391 g/mol. The van der Waals surface area contributed by atoms with Crippen LogP contribution in [-0.2, 0) is 20.4 Å². The molecule has 0 amide bonds. The third kappa shape index (κ3) is 3.80. The molecule has 0 aliphatic carbocycles. The molecule has 2 heterocycles. The third-order valence-electron chi connectivity index (χ3n) is 4.03. The van der Waals surface area contributed by atoms with Crippen LogP contribution in [0.15, 0.2) is 75.0 Å². The van der Waals surface area contributed by atoms with Gasteiger partial charge in [-0.15, -0.1) is 0 Å². The predicted molar refractivity (Wildman–Crippen MR) is 93.4 cm³/mol. The van der Waals surface area contributed by atoms with Gasteiger partial charge >= 0.3 is 5.97 Å². The van der Waals surface area contributed by atoms with Crippen LogP contribution in [0.2, 0.25) is 0 Å². The third-order valence-corrected chi connectivity index (χ3v) is 5.45. The van der Waals surface area contributed by atoms with E-state index in [4.69, 9.17) is 8.83 Å². The molecule has 3 rings (SSSR count). The smallest absolute Gasteiger partial charge is 0.337 e. The van der Waals surface area contributed by atoms with Crippen molar-refractivity contribution < 1.29 is 31.9 Å². The summed E-state index contributed by atoms with van der Waals surface area (Å²) >= 11 is 0. The molecule has 0 saturated carbocycles. The van der Waals surface area contributed by atoms with Gasteiger partial charge in [-0.05, 0) is 42.5 Å². The number of esters is 1. The largest absolute Gasteiger partial charge is 0.472 e. The molecule has 2 N–H and O–H groups in total. The quantitative estimate of drug-likeness (QED) is 0.590. The van der Waals surface area contributed by atoms with Crippen molar-refractivity contribution in [3.63, 3.8) is 0 Å². The molecule has 0 aliphatic rings. The van der Waals surface area contributed by atoms with Gasteiger partial charge in [0, 0.05) is 5.56 Å². The van der Waals surface area contributed by atoms with Gasteiger partial charge in [-0.1, -0.05) is 0 Å². The number of methoxy groups -OCH3 is 1. The fraction of sp³-hybridized carbons (Fsp3) is 0.167. The van der Waals surface area contributed by atoms with Crippen LogP contribution in [0, 0.1) is 0 Å². The summed E-state index contributed by atoms with van der Waals surface area (Å²) in [6, 6.07) is 9.87. The first-order valence-corrected chi connectivity index (χ1v) is 9.32. The van der Waals surface area contributed by atoms with Crippen molar-refractivity contribution in [2.45, 2.75) is 10.5 Å². The molecule has 0 fully saturated rings. The summed E-state index contributed by atoms with van der Waals surface area (Å²) in [5, 5.41) is 11.0. The fourth-order valence-corrected chi connectivity index (χ4v) is 3.58. The summed E-state index contributed by atoms with van der Waals surface area (Å²) in [5.41, 5.74) is -1.20. The van der Waals surface area contributed by atoms with Crippen molar-refractivity contribution in [1.29, 1.82) is 0 Å². The molecule has 8 nitrogen and oxygen atoms in total. The number of sulfonamides is 1. The Morgan fingerprint density at radius 3 is 2.48 bits per heavy atom. The van der Waals surface area contributed by atoms with Gasteiger partial charge in [-0.2, -0.15) is 0 Å². The van der Waals surface area contributed by atoms with Crippen molar-refractivity contribution in [1.82, 2.24) is 4.72 Å². The number of rotatable bonds is 7. The number of nitrogens with one attached hydrogen (secondary N) is 1. The highest BCUT2D eigenvalue weighted by atomic mass is 32.2. The summed E-state index contributed by atoms with van der Waals surface area (Å²) < 4.78 is 42.4. The molecule has 3 aromatic rings. The lowest BCUT2D eigenvalue weighted by atomic mass is 9.94. The summed E-state index contributed by atoms with van der Waals surface area (Å²) in [4.78, 5) is 11.4. The van der Waals surface area contributed by atoms with Crippen LogP contribution < -0.4 is 4.72 Å². The maximum atomic E-state index is 12.6. The van der Waals surface area contributed by atoms with E-state index in [1.807, 2.05) is 0 Å². The molecule has 0 aliphatic heterocycles. The number of ether oxygens (including phenoxy) is 1. The molecule has 0 unspecified atom stereocenters. The molecule has 9 heteroatoms. The van der Waals surface area contributed by atoms with Crippen LogP contribution in [0.4, 0.5) is 0 Å². The maximum Gasteiger partial charge on any atom is 0.337 e. The van der Waals surface area contributed by atoms with Gasteiger partial charge in [-0.25, -0.2) is 17.9 Å². The number of hydrogen-bond acceptors (Lipinski definition) is 7. The van der Waals surface area contributed by atoms with Gasteiger partial charge in [0.15, 0.2) is 5.60 Å². The Bertz CT molecular complexity index is 956. The number of carbonyl (C=O) groups is 1. The first-order valence-electron chi connectivity index (χ1n) is 7.84. The fourth-order valence-electron chi connectivity index (χ4n) is 2.52. The second kappa shape index (κ2) is 7.39. The number of aliphatic hydroxyl groups is 1. The van der Waals surface area contributed by atoms with Crippen LogP contribution in [0.3, 0.4) is 0 Å². The molecule has 0 bridgehead atoms. The van der Waals surface area contributed by atoms with Gasteiger partial charge in [0.25, 0.3) is 0 Å². The van der Waals surface area contributed by atoms with Crippen molar-refractivity contribution in [2.75, 3.05) is 13.7 Å². The van der Waals surface area contributed by atoms with Crippen LogP contribution in [-0.4, -0.2) is 33.1 Å². The topological polar surface area (TPSA) is 119 Å². The summed E-state index contributed by atoms with van der Waals surface area (Å²) in [7, 11) is -2.72. The molecular weight excluding hydrogens is 374 g/mol. The average Bonchev–Trinajstić information content (AvgIpc) is 3.40. The Morgan fingerprint density at radius 1 is 1.19 bits per heavy atom. The van der Waals surface area contributed by atoms with E-state index in [1.54, 1.807) is 6.07 Å². The Hall–Kier alpha value is -2.88. The number of furan rings is 2. The lowest BCUT2D eigenvalue weighted by molar-refractivity contribution is 0.0600. The van der Waals surface area contributed by atoms with E-state index in [2.05, 4.69) is 9.46 Å². The van der Waals surface area contributed by atoms with Crippen LogP contribution in [0.5, 0.6) is 0 Å². The van der Waals surface area contributed by atoms with E-state index in [0.29, 0.717) is 5.56 Å². The number of carbonyl (C=O) groups excluding carboxylic acids is 1. The molecule has 1 aromatic carbocycles. The Labute approximate surface area is 155 Å². The van der Waals surface area contributed by atoms with Gasteiger partial charge in [0.05, 0.1) is 42.9 Å². The van der Waals surface area contributed by atoms with Crippen molar-refractivity contribution >= 4 is 16.0 Å².